The Hall–Kier alpha value is -3.31. The zero-order valence-corrected chi connectivity index (χ0v) is 13.7. The summed E-state index contributed by atoms with van der Waals surface area (Å²) in [6.07, 6.45) is 3.13. The molecule has 0 bridgehead atoms. The molecule has 1 aromatic carbocycles. The molecule has 0 spiro atoms. The Morgan fingerprint density at radius 1 is 1.12 bits per heavy atom. The molecule has 0 unspecified atom stereocenters. The van der Waals surface area contributed by atoms with Crippen molar-refractivity contribution in [3.05, 3.63) is 69.4 Å². The van der Waals surface area contributed by atoms with Crippen LogP contribution >= 0.6 is 11.3 Å². The number of nitrogens with zero attached hydrogens (tertiary/aromatic N) is 5. The molecule has 0 saturated heterocycles. The molecule has 7 nitrogen and oxygen atoms in total. The summed E-state index contributed by atoms with van der Waals surface area (Å²) in [7, 11) is 0. The van der Waals surface area contributed by atoms with Crippen LogP contribution in [0.2, 0.25) is 0 Å². The first kappa shape index (κ1) is 15.2. The van der Waals surface area contributed by atoms with Gasteiger partial charge < -0.3 is 0 Å². The Bertz CT molecular complexity index is 995. The van der Waals surface area contributed by atoms with E-state index in [0.717, 1.165) is 5.69 Å². The third-order valence-electron chi connectivity index (χ3n) is 3.86. The topological polar surface area (TPSA) is 91.9 Å². The highest BCUT2D eigenvalue weighted by Crippen LogP contribution is 2.25. The van der Waals surface area contributed by atoms with Crippen LogP contribution < -0.4 is 0 Å². The molecule has 0 radical (unpaired) electrons. The molecule has 3 heterocycles. The molecular formula is C17H11N5O2S. The van der Waals surface area contributed by atoms with Gasteiger partial charge in [0.25, 0.3) is 11.8 Å². The van der Waals surface area contributed by atoms with Gasteiger partial charge in [-0.05, 0) is 12.1 Å². The van der Waals surface area contributed by atoms with Gasteiger partial charge in [-0.15, -0.1) is 11.3 Å². The summed E-state index contributed by atoms with van der Waals surface area (Å²) in [5, 5.41) is 15.4. The summed E-state index contributed by atoms with van der Waals surface area (Å²) >= 11 is 1.39. The molecule has 0 aliphatic carbocycles. The maximum Gasteiger partial charge on any atom is 0.261 e. The van der Waals surface area contributed by atoms with Crippen molar-refractivity contribution in [2.75, 3.05) is 0 Å². The SMILES string of the molecule is N#Cc1cnn(Cc2csc(CN3C(=O)c4ccccc4C3=O)n2)c1. The second-order valence-corrected chi connectivity index (χ2v) is 6.46. The number of rotatable bonds is 4. The molecule has 1 aliphatic rings. The summed E-state index contributed by atoms with van der Waals surface area (Å²) in [6.45, 7) is 0.583. The van der Waals surface area contributed by atoms with Crippen molar-refractivity contribution in [3.63, 3.8) is 0 Å². The first-order valence-corrected chi connectivity index (χ1v) is 8.35. The predicted molar refractivity (Wildman–Crippen MR) is 88.8 cm³/mol. The zero-order valence-electron chi connectivity index (χ0n) is 12.9. The van der Waals surface area contributed by atoms with Crippen molar-refractivity contribution >= 4 is 23.2 Å². The molecule has 122 valence electrons. The van der Waals surface area contributed by atoms with Gasteiger partial charge in [-0.3, -0.25) is 19.2 Å². The fourth-order valence-corrected chi connectivity index (χ4v) is 3.46. The quantitative estimate of drug-likeness (QED) is 0.672. The van der Waals surface area contributed by atoms with Crippen molar-refractivity contribution in [1.29, 1.82) is 5.26 Å². The number of carbonyl (C=O) groups is 2. The third-order valence-corrected chi connectivity index (χ3v) is 4.74. The van der Waals surface area contributed by atoms with E-state index in [1.165, 1.54) is 22.4 Å². The Morgan fingerprint density at radius 3 is 2.48 bits per heavy atom. The number of hydrogen-bond acceptors (Lipinski definition) is 6. The Kier molecular flexibility index (Phi) is 3.63. The highest BCUT2D eigenvalue weighted by molar-refractivity contribution is 7.09. The zero-order chi connectivity index (χ0) is 17.4. The van der Waals surface area contributed by atoms with E-state index in [4.69, 9.17) is 5.26 Å². The second-order valence-electron chi connectivity index (χ2n) is 5.51. The van der Waals surface area contributed by atoms with Crippen LogP contribution in [0, 0.1) is 11.3 Å². The number of thiazole rings is 1. The molecule has 3 aromatic rings. The summed E-state index contributed by atoms with van der Waals surface area (Å²) in [4.78, 5) is 30.4. The van der Waals surface area contributed by atoms with Crippen molar-refractivity contribution < 1.29 is 9.59 Å². The summed E-state index contributed by atoms with van der Waals surface area (Å²) in [5.41, 5.74) is 2.13. The van der Waals surface area contributed by atoms with E-state index in [1.54, 1.807) is 35.1 Å². The number of carbonyl (C=O) groups excluding carboxylic acids is 2. The maximum absolute atomic E-state index is 12.4. The van der Waals surface area contributed by atoms with Crippen molar-refractivity contribution in [3.8, 4) is 6.07 Å². The highest BCUT2D eigenvalue weighted by Gasteiger charge is 2.35. The molecule has 25 heavy (non-hydrogen) atoms. The van der Waals surface area contributed by atoms with Crippen LogP contribution in [-0.2, 0) is 13.1 Å². The lowest BCUT2D eigenvalue weighted by atomic mass is 10.1. The van der Waals surface area contributed by atoms with Crippen molar-refractivity contribution in [2.45, 2.75) is 13.1 Å². The van der Waals surface area contributed by atoms with Gasteiger partial charge in [-0.2, -0.15) is 10.4 Å². The molecule has 2 amide bonds. The van der Waals surface area contributed by atoms with Crippen molar-refractivity contribution in [1.82, 2.24) is 19.7 Å². The molecule has 4 rings (SSSR count). The number of fused-ring (bicyclic) bond motifs is 1. The molecule has 0 saturated carbocycles. The van der Waals surface area contributed by atoms with Crippen LogP contribution in [0.15, 0.2) is 42.0 Å². The Labute approximate surface area is 146 Å². The van der Waals surface area contributed by atoms with E-state index in [0.29, 0.717) is 28.2 Å². The van der Waals surface area contributed by atoms with Crippen molar-refractivity contribution in [2.24, 2.45) is 0 Å². The maximum atomic E-state index is 12.4. The summed E-state index contributed by atoms with van der Waals surface area (Å²) in [6, 6.07) is 8.83. The summed E-state index contributed by atoms with van der Waals surface area (Å²) < 4.78 is 1.62. The minimum Gasteiger partial charge on any atom is -0.269 e. The third kappa shape index (κ3) is 2.70. The van der Waals surface area contributed by atoms with Crippen LogP contribution in [0.1, 0.15) is 37.0 Å². The lowest BCUT2D eigenvalue weighted by molar-refractivity contribution is 0.0642. The fourth-order valence-electron chi connectivity index (χ4n) is 2.69. The van der Waals surface area contributed by atoms with E-state index >= 15 is 0 Å². The Morgan fingerprint density at radius 2 is 1.84 bits per heavy atom. The number of nitriles is 1. The van der Waals surface area contributed by atoms with E-state index in [9.17, 15) is 9.59 Å². The number of hydrogen-bond donors (Lipinski definition) is 0. The average Bonchev–Trinajstić information content (AvgIpc) is 3.32. The Balaban J connectivity index is 1.49. The van der Waals surface area contributed by atoms with Gasteiger partial charge >= 0.3 is 0 Å². The monoisotopic (exact) mass is 349 g/mol. The van der Waals surface area contributed by atoms with Gasteiger partial charge in [0, 0.05) is 11.6 Å². The van der Waals surface area contributed by atoms with Gasteiger partial charge in [-0.25, -0.2) is 4.98 Å². The van der Waals surface area contributed by atoms with Gasteiger partial charge in [0.2, 0.25) is 0 Å². The van der Waals surface area contributed by atoms with Crippen LogP contribution in [-0.4, -0.2) is 31.5 Å². The van der Waals surface area contributed by atoms with E-state index < -0.39 is 0 Å². The summed E-state index contributed by atoms with van der Waals surface area (Å²) in [5.74, 6) is -0.578. The van der Waals surface area contributed by atoms with E-state index in [-0.39, 0.29) is 18.4 Å². The number of benzene rings is 1. The van der Waals surface area contributed by atoms with Gasteiger partial charge in [-0.1, -0.05) is 12.1 Å². The first-order chi connectivity index (χ1) is 12.2. The van der Waals surface area contributed by atoms with Crippen LogP contribution in [0.4, 0.5) is 0 Å². The van der Waals surface area contributed by atoms with E-state index in [1.807, 2.05) is 11.4 Å². The molecule has 8 heteroatoms. The van der Waals surface area contributed by atoms with Crippen LogP contribution in [0.25, 0.3) is 0 Å². The highest BCUT2D eigenvalue weighted by atomic mass is 32.1. The lowest BCUT2D eigenvalue weighted by Crippen LogP contribution is -2.29. The standard InChI is InChI=1S/C17H11N5O2S/c18-5-11-6-19-21(7-11)8-12-10-25-15(20-12)9-22-16(23)13-3-1-2-4-14(13)17(22)24/h1-4,6-7,10H,8-9H2. The lowest BCUT2D eigenvalue weighted by Gasteiger charge is -2.11. The number of imide groups is 1. The fraction of sp³-hybridized carbons (Fsp3) is 0.118. The van der Waals surface area contributed by atoms with Crippen LogP contribution in [0.5, 0.6) is 0 Å². The molecule has 0 N–H and O–H groups in total. The van der Waals surface area contributed by atoms with Gasteiger partial charge in [0.05, 0.1) is 41.7 Å². The predicted octanol–water partition coefficient (Wildman–Crippen LogP) is 2.06. The molecule has 2 aromatic heterocycles. The molecular weight excluding hydrogens is 338 g/mol. The smallest absolute Gasteiger partial charge is 0.261 e. The average molecular weight is 349 g/mol. The van der Waals surface area contributed by atoms with Crippen LogP contribution in [0.3, 0.4) is 0 Å². The first-order valence-electron chi connectivity index (χ1n) is 7.47. The normalized spacial score (nSPS) is 13.2. The van der Waals surface area contributed by atoms with Gasteiger partial charge in [0.15, 0.2) is 0 Å². The second kappa shape index (κ2) is 5.96. The molecule has 1 aliphatic heterocycles. The number of amides is 2. The van der Waals surface area contributed by atoms with Gasteiger partial charge in [0.1, 0.15) is 11.1 Å². The van der Waals surface area contributed by atoms with E-state index in [2.05, 4.69) is 10.1 Å². The molecule has 0 atom stereocenters. The largest absolute Gasteiger partial charge is 0.269 e. The minimum atomic E-state index is -0.289. The molecule has 0 fully saturated rings. The number of aromatic nitrogens is 3. The minimum absolute atomic E-state index is 0.152.